The lowest BCUT2D eigenvalue weighted by molar-refractivity contribution is 0.262. The summed E-state index contributed by atoms with van der Waals surface area (Å²) in [6.07, 6.45) is 2.63. The molecule has 0 unspecified atom stereocenters. The van der Waals surface area contributed by atoms with Gasteiger partial charge < -0.3 is 14.8 Å². The number of benzene rings is 2. The molecule has 0 aliphatic carbocycles. The Kier molecular flexibility index (Phi) is 7.97. The highest BCUT2D eigenvalue weighted by Gasteiger charge is 2.15. The lowest BCUT2D eigenvalue weighted by Gasteiger charge is -2.13. The lowest BCUT2D eigenvalue weighted by atomic mass is 10.0. The highest BCUT2D eigenvalue weighted by molar-refractivity contribution is 7.81. The molecule has 0 spiro atoms. The van der Waals surface area contributed by atoms with Crippen molar-refractivity contribution in [2.45, 2.75) is 13.5 Å². The van der Waals surface area contributed by atoms with Crippen molar-refractivity contribution in [1.29, 1.82) is 0 Å². The molecule has 0 radical (unpaired) electrons. The van der Waals surface area contributed by atoms with Crippen molar-refractivity contribution in [2.24, 2.45) is 0 Å². The van der Waals surface area contributed by atoms with Gasteiger partial charge in [-0.15, -0.1) is 0 Å². The quantitative estimate of drug-likeness (QED) is 0.256. The number of urea groups is 1. The van der Waals surface area contributed by atoms with E-state index in [4.69, 9.17) is 27.8 Å². The Hall–Kier alpha value is -3.97. The fourth-order valence-electron chi connectivity index (χ4n) is 3.49. The van der Waals surface area contributed by atoms with Gasteiger partial charge in [0, 0.05) is 24.5 Å². The average molecular weight is 576 g/mol. The molecule has 2 amide bonds. The molecule has 0 saturated carbocycles. The highest BCUT2D eigenvalue weighted by Crippen LogP contribution is 2.30. The van der Waals surface area contributed by atoms with Gasteiger partial charge in [-0.25, -0.2) is 9.48 Å². The fourth-order valence-corrected chi connectivity index (χ4v) is 4.30. The minimum absolute atomic E-state index is 0.0374. The Balaban J connectivity index is 1.67. The normalized spacial score (nSPS) is 11.2. The number of hydrogen-bond donors (Lipinski definition) is 3. The molecule has 3 N–H and O–H groups in total. The fraction of sp³-hybridized carbons (Fsp3) is 0.0833. The molecule has 2 aromatic carbocycles. The van der Waals surface area contributed by atoms with Gasteiger partial charge in [0.1, 0.15) is 11.4 Å². The number of amides is 2. The number of aryl methyl sites for hydroxylation is 1. The Labute approximate surface area is 227 Å². The molecule has 0 fully saturated rings. The first kappa shape index (κ1) is 27.1. The molecule has 2 heterocycles. The molecule has 0 aliphatic heterocycles. The Morgan fingerprint density at radius 2 is 1.63 bits per heavy atom. The van der Waals surface area contributed by atoms with Gasteiger partial charge in [-0.2, -0.15) is 13.5 Å². The monoisotopic (exact) mass is 575 g/mol. The van der Waals surface area contributed by atoms with E-state index in [0.29, 0.717) is 22.4 Å². The third kappa shape index (κ3) is 6.47. The standard InChI is InChI=1S/C24H19Cl2N5O6S/c1-2-31-23(32)21(28-24(33)29-22-18(25)12-27-13-19(22)26)11-20(30-31)16-7-3-5-14(9-16)15-6-4-8-17(10-15)37-38(34,35)36/h3-13H,2H2,1H3,(H,34,35,36)(H2,27,28,29,33). The van der Waals surface area contributed by atoms with Crippen LogP contribution in [0.5, 0.6) is 5.75 Å². The van der Waals surface area contributed by atoms with Crippen molar-refractivity contribution >= 4 is 51.0 Å². The minimum Gasteiger partial charge on any atom is -0.362 e. The van der Waals surface area contributed by atoms with Crippen LogP contribution >= 0.6 is 23.2 Å². The molecular weight excluding hydrogens is 557 g/mol. The van der Waals surface area contributed by atoms with Gasteiger partial charge in [-0.05, 0) is 42.3 Å². The van der Waals surface area contributed by atoms with Crippen LogP contribution in [0.3, 0.4) is 0 Å². The van der Waals surface area contributed by atoms with Crippen LogP contribution in [0.25, 0.3) is 22.4 Å². The summed E-state index contributed by atoms with van der Waals surface area (Å²) >= 11 is 12.1. The molecule has 4 aromatic rings. The molecule has 0 saturated heterocycles. The second kappa shape index (κ2) is 11.2. The number of anilines is 2. The van der Waals surface area contributed by atoms with Crippen molar-refractivity contribution in [3.05, 3.63) is 87.4 Å². The summed E-state index contributed by atoms with van der Waals surface area (Å²) in [5.74, 6) is -0.0695. The van der Waals surface area contributed by atoms with Crippen molar-refractivity contribution in [3.63, 3.8) is 0 Å². The van der Waals surface area contributed by atoms with E-state index < -0.39 is 22.0 Å². The zero-order chi connectivity index (χ0) is 27.4. The molecule has 0 bridgehead atoms. The maximum absolute atomic E-state index is 12.9. The van der Waals surface area contributed by atoms with Gasteiger partial charge >= 0.3 is 16.4 Å². The maximum atomic E-state index is 12.9. The van der Waals surface area contributed by atoms with Gasteiger partial charge in [0.05, 0.1) is 21.4 Å². The average Bonchev–Trinajstić information content (AvgIpc) is 2.87. The first-order chi connectivity index (χ1) is 18.0. The number of carbonyl (C=O) groups is 1. The van der Waals surface area contributed by atoms with Crippen molar-refractivity contribution in [3.8, 4) is 28.1 Å². The SMILES string of the molecule is CCn1nc(-c2cccc(-c3cccc(OS(=O)(=O)O)c3)c2)cc(NC(=O)Nc2c(Cl)cncc2Cl)c1=O. The third-order valence-corrected chi connectivity index (χ3v) is 6.12. The largest absolute Gasteiger partial charge is 0.446 e. The van der Waals surface area contributed by atoms with Crippen molar-refractivity contribution < 1.29 is 21.9 Å². The second-order valence-corrected chi connectivity index (χ2v) is 9.58. The number of halogens is 2. The first-order valence-electron chi connectivity index (χ1n) is 10.9. The van der Waals surface area contributed by atoms with E-state index in [1.165, 1.54) is 35.3 Å². The van der Waals surface area contributed by atoms with Crippen molar-refractivity contribution in [2.75, 3.05) is 10.6 Å². The van der Waals surface area contributed by atoms with E-state index >= 15 is 0 Å². The van der Waals surface area contributed by atoms with Crippen LogP contribution in [-0.4, -0.2) is 33.8 Å². The summed E-state index contributed by atoms with van der Waals surface area (Å²) in [6.45, 7) is 1.97. The summed E-state index contributed by atoms with van der Waals surface area (Å²) in [6, 6.07) is 13.9. The summed E-state index contributed by atoms with van der Waals surface area (Å²) in [5.41, 5.74) is 1.84. The predicted molar refractivity (Wildman–Crippen MR) is 144 cm³/mol. The van der Waals surface area contributed by atoms with Gasteiger partial charge in [0.25, 0.3) is 5.56 Å². The molecule has 196 valence electrons. The van der Waals surface area contributed by atoms with Gasteiger partial charge in [0.15, 0.2) is 0 Å². The Morgan fingerprint density at radius 1 is 1.00 bits per heavy atom. The zero-order valence-electron chi connectivity index (χ0n) is 19.6. The molecule has 0 atom stereocenters. The second-order valence-electron chi connectivity index (χ2n) is 7.74. The summed E-state index contributed by atoms with van der Waals surface area (Å²) < 4.78 is 36.8. The Morgan fingerprint density at radius 3 is 2.29 bits per heavy atom. The topological polar surface area (TPSA) is 153 Å². The van der Waals surface area contributed by atoms with Crippen LogP contribution in [0.15, 0.2) is 71.8 Å². The van der Waals surface area contributed by atoms with Gasteiger partial charge in [0.2, 0.25) is 0 Å². The summed E-state index contributed by atoms with van der Waals surface area (Å²) in [5, 5.41) is 9.65. The lowest BCUT2D eigenvalue weighted by Crippen LogP contribution is -2.29. The van der Waals surface area contributed by atoms with E-state index in [0.717, 1.165) is 0 Å². The molecule has 11 nitrogen and oxygen atoms in total. The number of nitrogens with one attached hydrogen (secondary N) is 2. The number of hydrogen-bond acceptors (Lipinski definition) is 7. The zero-order valence-corrected chi connectivity index (χ0v) is 21.9. The molecular formula is C24H19Cl2N5O6S. The number of rotatable bonds is 7. The number of carbonyl (C=O) groups excluding carboxylic acids is 1. The van der Waals surface area contributed by atoms with Gasteiger partial charge in [-0.1, -0.05) is 53.5 Å². The highest BCUT2D eigenvalue weighted by atomic mass is 35.5. The van der Waals surface area contributed by atoms with Crippen LogP contribution in [0.2, 0.25) is 10.0 Å². The van der Waals surface area contributed by atoms with Crippen LogP contribution < -0.4 is 20.4 Å². The number of nitrogens with zero attached hydrogens (tertiary/aromatic N) is 3. The minimum atomic E-state index is -4.68. The smallest absolute Gasteiger partial charge is 0.362 e. The predicted octanol–water partition coefficient (Wildman–Crippen LogP) is 5.12. The summed E-state index contributed by atoms with van der Waals surface area (Å²) in [4.78, 5) is 29.3. The number of aromatic nitrogens is 3. The van der Waals surface area contributed by atoms with Crippen LogP contribution in [0, 0.1) is 0 Å². The van der Waals surface area contributed by atoms with Crippen LogP contribution in [0.1, 0.15) is 6.92 Å². The van der Waals surface area contributed by atoms with Crippen LogP contribution in [0.4, 0.5) is 16.2 Å². The van der Waals surface area contributed by atoms with E-state index in [9.17, 15) is 18.0 Å². The number of pyridine rings is 1. The maximum Gasteiger partial charge on any atom is 0.446 e. The molecule has 2 aromatic heterocycles. The van der Waals surface area contributed by atoms with Gasteiger partial charge in [-0.3, -0.25) is 14.3 Å². The van der Waals surface area contributed by atoms with Crippen LogP contribution in [-0.2, 0) is 16.9 Å². The van der Waals surface area contributed by atoms with E-state index in [2.05, 4.69) is 24.9 Å². The molecule has 4 rings (SSSR count). The summed E-state index contributed by atoms with van der Waals surface area (Å²) in [7, 11) is -4.68. The molecule has 38 heavy (non-hydrogen) atoms. The molecule has 14 heteroatoms. The Bertz CT molecular complexity index is 1670. The van der Waals surface area contributed by atoms with E-state index in [1.807, 2.05) is 0 Å². The molecule has 0 aliphatic rings. The van der Waals surface area contributed by atoms with E-state index in [1.54, 1.807) is 43.3 Å². The van der Waals surface area contributed by atoms with E-state index in [-0.39, 0.29) is 33.7 Å². The third-order valence-electron chi connectivity index (χ3n) is 5.14. The van der Waals surface area contributed by atoms with Crippen molar-refractivity contribution in [1.82, 2.24) is 14.8 Å². The first-order valence-corrected chi connectivity index (χ1v) is 13.0.